The lowest BCUT2D eigenvalue weighted by molar-refractivity contribution is 0.397. The van der Waals surface area contributed by atoms with Gasteiger partial charge in [-0.2, -0.15) is 0 Å². The van der Waals surface area contributed by atoms with E-state index in [-0.39, 0.29) is 16.7 Å². The van der Waals surface area contributed by atoms with Crippen molar-refractivity contribution in [1.29, 1.82) is 0 Å². The lowest BCUT2D eigenvalue weighted by atomic mass is 9.97. The Balaban J connectivity index is 2.19. The third-order valence-corrected chi connectivity index (χ3v) is 5.38. The van der Waals surface area contributed by atoms with Crippen LogP contribution in [0.15, 0.2) is 23.1 Å². The van der Waals surface area contributed by atoms with E-state index in [0.717, 1.165) is 44.6 Å². The lowest BCUT2D eigenvalue weighted by Gasteiger charge is -2.21. The Bertz CT molecular complexity index is 566. The van der Waals surface area contributed by atoms with Crippen LogP contribution in [0.3, 0.4) is 0 Å². The van der Waals surface area contributed by atoms with Crippen LogP contribution < -0.4 is 9.46 Å². The molecule has 1 saturated carbocycles. The van der Waals surface area contributed by atoms with E-state index in [1.165, 1.54) is 25.7 Å². The summed E-state index contributed by atoms with van der Waals surface area (Å²) < 4.78 is 46.1. The zero-order chi connectivity index (χ0) is 15.3. The highest BCUT2D eigenvalue weighted by atomic mass is 32.2. The highest BCUT2D eigenvalue weighted by Crippen LogP contribution is 2.26. The second-order valence-corrected chi connectivity index (χ2v) is 7.14. The molecule has 0 unspecified atom stereocenters. The van der Waals surface area contributed by atoms with Crippen LogP contribution in [0.2, 0.25) is 0 Å². The monoisotopic (exact) mass is 315 g/mol. The number of benzene rings is 1. The number of ether oxygens (including phenoxy) is 1. The lowest BCUT2D eigenvalue weighted by Crippen LogP contribution is -2.35. The van der Waals surface area contributed by atoms with Crippen molar-refractivity contribution in [3.8, 4) is 5.75 Å². The number of rotatable bonds is 4. The molecule has 1 aromatic carbocycles. The minimum atomic E-state index is -3.77. The third-order valence-electron chi connectivity index (χ3n) is 3.84. The number of nitrogens with one attached hydrogen (secondary N) is 1. The predicted octanol–water partition coefficient (Wildman–Crippen LogP) is 3.23. The van der Waals surface area contributed by atoms with E-state index in [0.29, 0.717) is 0 Å². The van der Waals surface area contributed by atoms with Crippen LogP contribution >= 0.6 is 0 Å². The van der Waals surface area contributed by atoms with Gasteiger partial charge in [0.15, 0.2) is 0 Å². The topological polar surface area (TPSA) is 55.4 Å². The SMILES string of the molecule is COc1ccc(F)cc1S(=O)(=O)NC1CCCCCCC1. The fourth-order valence-electron chi connectivity index (χ4n) is 2.72. The van der Waals surface area contributed by atoms with Gasteiger partial charge in [0.2, 0.25) is 10.0 Å². The normalized spacial score (nSPS) is 18.0. The van der Waals surface area contributed by atoms with Crippen LogP contribution in [0, 0.1) is 5.82 Å². The average molecular weight is 315 g/mol. The molecular weight excluding hydrogens is 293 g/mol. The number of halogens is 1. The van der Waals surface area contributed by atoms with E-state index in [2.05, 4.69) is 4.72 Å². The molecule has 1 N–H and O–H groups in total. The number of methoxy groups -OCH3 is 1. The summed E-state index contributed by atoms with van der Waals surface area (Å²) in [5, 5.41) is 0. The molecule has 1 fully saturated rings. The first kappa shape index (κ1) is 16.2. The van der Waals surface area contributed by atoms with E-state index in [4.69, 9.17) is 4.74 Å². The summed E-state index contributed by atoms with van der Waals surface area (Å²) in [4.78, 5) is -0.132. The van der Waals surface area contributed by atoms with Crippen LogP contribution in [0.1, 0.15) is 44.9 Å². The largest absolute Gasteiger partial charge is 0.495 e. The van der Waals surface area contributed by atoms with E-state index in [1.807, 2.05) is 0 Å². The molecule has 0 amide bonds. The first-order valence-electron chi connectivity index (χ1n) is 7.39. The second kappa shape index (κ2) is 7.22. The molecule has 0 atom stereocenters. The van der Waals surface area contributed by atoms with E-state index in [1.54, 1.807) is 0 Å². The Morgan fingerprint density at radius 1 is 1.14 bits per heavy atom. The van der Waals surface area contributed by atoms with Crippen molar-refractivity contribution < 1.29 is 17.5 Å². The molecule has 0 aromatic heterocycles. The summed E-state index contributed by atoms with van der Waals surface area (Å²) in [6, 6.07) is 3.45. The van der Waals surface area contributed by atoms with E-state index in [9.17, 15) is 12.8 Å². The second-order valence-electron chi connectivity index (χ2n) is 5.46. The van der Waals surface area contributed by atoms with Crippen LogP contribution in [0.4, 0.5) is 4.39 Å². The fourth-order valence-corrected chi connectivity index (χ4v) is 4.20. The minimum Gasteiger partial charge on any atom is -0.495 e. The van der Waals surface area contributed by atoms with Crippen LogP contribution in [-0.4, -0.2) is 21.6 Å². The summed E-state index contributed by atoms with van der Waals surface area (Å²) in [6.45, 7) is 0. The average Bonchev–Trinajstić information content (AvgIpc) is 2.41. The quantitative estimate of drug-likeness (QED) is 0.928. The Morgan fingerprint density at radius 3 is 2.38 bits per heavy atom. The molecule has 0 saturated heterocycles. The smallest absolute Gasteiger partial charge is 0.244 e. The zero-order valence-electron chi connectivity index (χ0n) is 12.3. The van der Waals surface area contributed by atoms with Crippen molar-refractivity contribution in [3.63, 3.8) is 0 Å². The molecule has 1 aliphatic rings. The molecule has 0 radical (unpaired) electrons. The van der Waals surface area contributed by atoms with Crippen molar-refractivity contribution in [3.05, 3.63) is 24.0 Å². The Labute approximate surface area is 125 Å². The molecule has 0 bridgehead atoms. The van der Waals surface area contributed by atoms with E-state index < -0.39 is 15.8 Å². The minimum absolute atomic E-state index is 0.0803. The molecule has 6 heteroatoms. The molecule has 0 spiro atoms. The van der Waals surface area contributed by atoms with Crippen LogP contribution in [0.5, 0.6) is 5.75 Å². The predicted molar refractivity (Wildman–Crippen MR) is 79.4 cm³/mol. The van der Waals surface area contributed by atoms with Gasteiger partial charge >= 0.3 is 0 Å². The van der Waals surface area contributed by atoms with E-state index >= 15 is 0 Å². The van der Waals surface area contributed by atoms with Crippen molar-refractivity contribution >= 4 is 10.0 Å². The summed E-state index contributed by atoms with van der Waals surface area (Å²) >= 11 is 0. The van der Waals surface area contributed by atoms with Gasteiger partial charge in [-0.3, -0.25) is 0 Å². The Kier molecular flexibility index (Phi) is 5.58. The van der Waals surface area contributed by atoms with Gasteiger partial charge in [-0.05, 0) is 31.0 Å². The van der Waals surface area contributed by atoms with Gasteiger partial charge in [-0.1, -0.05) is 32.1 Å². The summed E-state index contributed by atoms with van der Waals surface area (Å²) in [5.74, 6) is -0.427. The fraction of sp³-hybridized carbons (Fsp3) is 0.600. The highest BCUT2D eigenvalue weighted by Gasteiger charge is 2.24. The van der Waals surface area contributed by atoms with Crippen LogP contribution in [0.25, 0.3) is 0 Å². The number of sulfonamides is 1. The Hall–Kier alpha value is -1.14. The molecule has 4 nitrogen and oxygen atoms in total. The summed E-state index contributed by atoms with van der Waals surface area (Å²) in [6.07, 6.45) is 7.20. The molecular formula is C15H22FNO3S. The van der Waals surface area contributed by atoms with Crippen molar-refractivity contribution in [2.24, 2.45) is 0 Å². The third kappa shape index (κ3) is 4.41. The molecule has 1 aromatic rings. The maximum atomic E-state index is 13.4. The van der Waals surface area contributed by atoms with Crippen LogP contribution in [-0.2, 0) is 10.0 Å². The van der Waals surface area contributed by atoms with Gasteiger partial charge in [0.25, 0.3) is 0 Å². The maximum Gasteiger partial charge on any atom is 0.244 e. The van der Waals surface area contributed by atoms with Crippen molar-refractivity contribution in [2.75, 3.05) is 7.11 Å². The zero-order valence-corrected chi connectivity index (χ0v) is 13.1. The molecule has 2 rings (SSSR count). The van der Waals surface area contributed by atoms with Gasteiger partial charge in [0.05, 0.1) is 7.11 Å². The maximum absolute atomic E-state index is 13.4. The number of hydrogen-bond acceptors (Lipinski definition) is 3. The van der Waals surface area contributed by atoms with Gasteiger partial charge in [-0.25, -0.2) is 17.5 Å². The van der Waals surface area contributed by atoms with Gasteiger partial charge in [0.1, 0.15) is 16.5 Å². The number of hydrogen-bond donors (Lipinski definition) is 1. The molecule has 1 aliphatic carbocycles. The molecule has 0 heterocycles. The van der Waals surface area contributed by atoms with Crippen molar-refractivity contribution in [2.45, 2.75) is 55.9 Å². The molecule has 0 aliphatic heterocycles. The summed E-state index contributed by atoms with van der Waals surface area (Å²) in [7, 11) is -2.39. The van der Waals surface area contributed by atoms with Crippen molar-refractivity contribution in [1.82, 2.24) is 4.72 Å². The Morgan fingerprint density at radius 2 is 1.76 bits per heavy atom. The standard InChI is InChI=1S/C15H22FNO3S/c1-20-14-10-9-12(16)11-15(14)21(18,19)17-13-7-5-3-2-4-6-8-13/h9-11,13,17H,2-8H2,1H3. The highest BCUT2D eigenvalue weighted by molar-refractivity contribution is 7.89. The first-order valence-corrected chi connectivity index (χ1v) is 8.87. The molecule has 21 heavy (non-hydrogen) atoms. The molecule has 118 valence electrons. The van der Waals surface area contributed by atoms with Gasteiger partial charge in [-0.15, -0.1) is 0 Å². The van der Waals surface area contributed by atoms with Gasteiger partial charge < -0.3 is 4.74 Å². The first-order chi connectivity index (χ1) is 10.0. The van der Waals surface area contributed by atoms with Gasteiger partial charge in [0, 0.05) is 6.04 Å². The summed E-state index contributed by atoms with van der Waals surface area (Å²) in [5.41, 5.74) is 0.